The largest absolute Gasteiger partial charge is 0.394 e. The molecule has 2 fully saturated rings. The van der Waals surface area contributed by atoms with E-state index < -0.39 is 86.8 Å². The highest BCUT2D eigenvalue weighted by molar-refractivity contribution is 5.76. The molecule has 0 spiro atoms. The van der Waals surface area contributed by atoms with Crippen molar-refractivity contribution < 1.29 is 64.6 Å². The Morgan fingerprint density at radius 1 is 0.452 bits per heavy atom. The van der Waals surface area contributed by atoms with Crippen molar-refractivity contribution in [3.63, 3.8) is 0 Å². The van der Waals surface area contributed by atoms with Crippen molar-refractivity contribution in [1.29, 1.82) is 0 Å². The maximum absolute atomic E-state index is 13.2. The van der Waals surface area contributed by atoms with Gasteiger partial charge in [-0.15, -0.1) is 0 Å². The number of unbranched alkanes of at least 4 members (excludes halogenated alkanes) is 30. The van der Waals surface area contributed by atoms with Crippen molar-refractivity contribution >= 4 is 5.91 Å². The van der Waals surface area contributed by atoms with E-state index in [0.29, 0.717) is 12.8 Å². The number of aliphatic hydroxyl groups excluding tert-OH is 8. The average molecular weight is 1190 g/mol. The molecule has 1 amide bonds. The third kappa shape index (κ3) is 38.4. The number of ether oxygens (including phenoxy) is 4. The summed E-state index contributed by atoms with van der Waals surface area (Å²) in [6, 6.07) is -0.937. The SMILES string of the molecule is C/C=C/CC/C=C/CC/C=C/C(O)C(COC1OC(CO)C(OC2OC(CO)C(O)C(O)C2O)C(O)C1O)NC(=O)CCCCCCCCCCCCCCCCCCCCCCCCCCCCCC/C=C\C/C=C\C/C=C\C/C=C\CC. The lowest BCUT2D eigenvalue weighted by Gasteiger charge is -2.46. The van der Waals surface area contributed by atoms with Crippen LogP contribution in [-0.4, -0.2) is 140 Å². The first kappa shape index (κ1) is 77.3. The number of aliphatic hydroxyl groups is 8. The smallest absolute Gasteiger partial charge is 0.220 e. The van der Waals surface area contributed by atoms with E-state index in [1.54, 1.807) is 6.08 Å². The highest BCUT2D eigenvalue weighted by atomic mass is 16.7. The van der Waals surface area contributed by atoms with E-state index in [2.05, 4.69) is 79.1 Å². The van der Waals surface area contributed by atoms with Gasteiger partial charge in [0.2, 0.25) is 5.91 Å². The van der Waals surface area contributed by atoms with Crippen LogP contribution < -0.4 is 5.32 Å². The van der Waals surface area contributed by atoms with Crippen molar-refractivity contribution in [1.82, 2.24) is 5.32 Å². The predicted molar refractivity (Wildman–Crippen MR) is 341 cm³/mol. The van der Waals surface area contributed by atoms with Gasteiger partial charge in [-0.3, -0.25) is 4.79 Å². The second kappa shape index (κ2) is 54.3. The molecule has 0 aliphatic carbocycles. The fraction of sp³-hybridized carbons (Fsp3) is 0.786. The summed E-state index contributed by atoms with van der Waals surface area (Å²) in [5, 5.41) is 86.8. The molecule has 0 aromatic rings. The molecule has 12 unspecified atom stereocenters. The fourth-order valence-corrected chi connectivity index (χ4v) is 10.8. The van der Waals surface area contributed by atoms with Crippen LogP contribution in [0.15, 0.2) is 85.1 Å². The summed E-state index contributed by atoms with van der Waals surface area (Å²) in [6.45, 7) is 2.42. The number of rotatable bonds is 54. The number of allylic oxidation sites excluding steroid dienone is 13. The standard InChI is InChI=1S/C70H123NO13/c1-3-5-7-9-11-13-14-15-16-17-18-19-20-21-22-23-24-25-26-27-28-29-30-31-32-33-34-35-36-37-38-39-40-41-42-43-44-46-48-50-52-54-62(75)71-58(59(74)53-51-49-47-45-12-10-8-6-4-2)57-81-69-67(80)65(78)68(61(56-73)83-69)84-70-66(79)64(77)63(76)60(55-72)82-70/h4-7,11-13,15-16,18-19,45,51,53,58-61,63-70,72-74,76-80H,3,8-10,14,17,20-44,46-50,52,54-57H2,1-2H3,(H,71,75)/b6-4+,7-5-,13-11-,16-15-,19-18-,45-12+,53-51+. The lowest BCUT2D eigenvalue weighted by Crippen LogP contribution is -2.65. The second-order valence-corrected chi connectivity index (χ2v) is 23.6. The lowest BCUT2D eigenvalue weighted by atomic mass is 9.97. The molecule has 0 saturated carbocycles. The van der Waals surface area contributed by atoms with Crippen LogP contribution in [0, 0.1) is 0 Å². The molecule has 84 heavy (non-hydrogen) atoms. The minimum Gasteiger partial charge on any atom is -0.394 e. The van der Waals surface area contributed by atoms with E-state index in [4.69, 9.17) is 18.9 Å². The first-order chi connectivity index (χ1) is 41.1. The van der Waals surface area contributed by atoms with E-state index in [0.717, 1.165) is 64.2 Å². The number of nitrogens with one attached hydrogen (secondary N) is 1. The normalized spacial score (nSPS) is 24.2. The molecule has 0 radical (unpaired) electrons. The van der Waals surface area contributed by atoms with E-state index in [1.807, 2.05) is 19.1 Å². The molecule has 9 N–H and O–H groups in total. The van der Waals surface area contributed by atoms with Crippen LogP contribution in [0.2, 0.25) is 0 Å². The van der Waals surface area contributed by atoms with Crippen LogP contribution in [0.1, 0.15) is 258 Å². The summed E-state index contributed by atoms with van der Waals surface area (Å²) in [5.41, 5.74) is 0. The quantitative estimate of drug-likeness (QED) is 0.0204. The third-order valence-electron chi connectivity index (χ3n) is 16.1. The topological polar surface area (TPSA) is 228 Å². The van der Waals surface area contributed by atoms with Gasteiger partial charge < -0.3 is 65.1 Å². The zero-order valence-electron chi connectivity index (χ0n) is 52.6. The Balaban J connectivity index is 1.50. The summed E-state index contributed by atoms with van der Waals surface area (Å²) in [4.78, 5) is 13.2. The Morgan fingerprint density at radius 3 is 1.31 bits per heavy atom. The Morgan fingerprint density at radius 2 is 0.845 bits per heavy atom. The van der Waals surface area contributed by atoms with Gasteiger partial charge in [-0.2, -0.15) is 0 Å². The van der Waals surface area contributed by atoms with E-state index in [1.165, 1.54) is 161 Å². The summed E-state index contributed by atoms with van der Waals surface area (Å²) < 4.78 is 22.7. The molecule has 2 aliphatic rings. The van der Waals surface area contributed by atoms with Gasteiger partial charge in [-0.25, -0.2) is 0 Å². The zero-order chi connectivity index (χ0) is 60.9. The molecule has 12 atom stereocenters. The van der Waals surface area contributed by atoms with Crippen molar-refractivity contribution in [2.75, 3.05) is 19.8 Å². The first-order valence-corrected chi connectivity index (χ1v) is 33.8. The van der Waals surface area contributed by atoms with Gasteiger partial charge in [0.15, 0.2) is 12.6 Å². The molecule has 2 rings (SSSR count). The highest BCUT2D eigenvalue weighted by Crippen LogP contribution is 2.30. The van der Waals surface area contributed by atoms with Crippen LogP contribution >= 0.6 is 0 Å². The van der Waals surface area contributed by atoms with Gasteiger partial charge in [-0.05, 0) is 77.6 Å². The maximum Gasteiger partial charge on any atom is 0.220 e. The van der Waals surface area contributed by atoms with Crippen LogP contribution in [-0.2, 0) is 23.7 Å². The Kier molecular flexibility index (Phi) is 50.0. The van der Waals surface area contributed by atoms with E-state index >= 15 is 0 Å². The van der Waals surface area contributed by atoms with Crippen molar-refractivity contribution in [3.05, 3.63) is 85.1 Å². The van der Waals surface area contributed by atoms with Crippen LogP contribution in [0.3, 0.4) is 0 Å². The first-order valence-electron chi connectivity index (χ1n) is 33.8. The predicted octanol–water partition coefficient (Wildman–Crippen LogP) is 13.2. The molecular formula is C70H123NO13. The average Bonchev–Trinajstić information content (AvgIpc) is 2.95. The van der Waals surface area contributed by atoms with Crippen molar-refractivity contribution in [2.45, 2.75) is 331 Å². The molecule has 0 bridgehead atoms. The molecule has 14 nitrogen and oxygen atoms in total. The molecular weight excluding hydrogens is 1060 g/mol. The molecule has 2 heterocycles. The lowest BCUT2D eigenvalue weighted by molar-refractivity contribution is -0.359. The van der Waals surface area contributed by atoms with Crippen LogP contribution in [0.5, 0.6) is 0 Å². The van der Waals surface area contributed by atoms with Gasteiger partial charge in [-0.1, -0.05) is 259 Å². The molecule has 486 valence electrons. The summed E-state index contributed by atoms with van der Waals surface area (Å²) in [5.74, 6) is -0.255. The van der Waals surface area contributed by atoms with Gasteiger partial charge in [0.05, 0.1) is 32.0 Å². The summed E-state index contributed by atoms with van der Waals surface area (Å²) in [7, 11) is 0. The Labute approximate surface area is 510 Å². The molecule has 2 saturated heterocycles. The molecule has 0 aromatic heterocycles. The zero-order valence-corrected chi connectivity index (χ0v) is 52.6. The second-order valence-electron chi connectivity index (χ2n) is 23.6. The molecule has 0 aromatic carbocycles. The summed E-state index contributed by atoms with van der Waals surface area (Å²) >= 11 is 0. The number of carbonyl (C=O) groups is 1. The Bertz CT molecular complexity index is 1730. The number of amides is 1. The van der Waals surface area contributed by atoms with Crippen LogP contribution in [0.25, 0.3) is 0 Å². The van der Waals surface area contributed by atoms with Gasteiger partial charge in [0, 0.05) is 6.42 Å². The van der Waals surface area contributed by atoms with Gasteiger partial charge in [0.25, 0.3) is 0 Å². The van der Waals surface area contributed by atoms with Gasteiger partial charge in [0.1, 0.15) is 48.8 Å². The van der Waals surface area contributed by atoms with Crippen molar-refractivity contribution in [3.8, 4) is 0 Å². The van der Waals surface area contributed by atoms with Gasteiger partial charge >= 0.3 is 0 Å². The van der Waals surface area contributed by atoms with E-state index in [9.17, 15) is 45.6 Å². The molecule has 2 aliphatic heterocycles. The maximum atomic E-state index is 13.2. The third-order valence-corrected chi connectivity index (χ3v) is 16.1. The highest BCUT2D eigenvalue weighted by Gasteiger charge is 2.51. The monoisotopic (exact) mass is 1190 g/mol. The number of hydrogen-bond acceptors (Lipinski definition) is 13. The Hall–Kier alpha value is -2.83. The van der Waals surface area contributed by atoms with Crippen molar-refractivity contribution in [2.24, 2.45) is 0 Å². The summed E-state index contributed by atoms with van der Waals surface area (Å²) in [6.07, 6.45) is 58.7. The number of carbonyl (C=O) groups excluding carboxylic acids is 1. The van der Waals surface area contributed by atoms with E-state index in [-0.39, 0.29) is 18.9 Å². The number of hydrogen-bond donors (Lipinski definition) is 9. The fourth-order valence-electron chi connectivity index (χ4n) is 10.8. The molecule has 14 heteroatoms. The van der Waals surface area contributed by atoms with Crippen LogP contribution in [0.4, 0.5) is 0 Å². The minimum atomic E-state index is -1.79. The minimum absolute atomic E-state index is 0.255.